The Morgan fingerprint density at radius 3 is 2.00 bits per heavy atom. The molecule has 17 heavy (non-hydrogen) atoms. The predicted molar refractivity (Wildman–Crippen MR) is 58.5 cm³/mol. The number of hydrogen-bond donors (Lipinski definition) is 0. The lowest BCUT2D eigenvalue weighted by Crippen LogP contribution is -2.59. The molecule has 0 bridgehead atoms. The van der Waals surface area contributed by atoms with Crippen LogP contribution in [0.5, 0.6) is 0 Å². The molecule has 1 fully saturated rings. The van der Waals surface area contributed by atoms with Crippen molar-refractivity contribution in [2.24, 2.45) is 0 Å². The van der Waals surface area contributed by atoms with Gasteiger partial charge in [0.1, 0.15) is 12.2 Å². The maximum absolute atomic E-state index is 11.1. The molecular weight excluding hydrogens is 228 g/mol. The fraction of sp³-hybridized carbons (Fsp3) is 0.909. The smallest absolute Gasteiger partial charge is 0.303 e. The highest BCUT2D eigenvalue weighted by atomic mass is 16.7. The van der Waals surface area contributed by atoms with Crippen LogP contribution in [0.2, 0.25) is 0 Å². The van der Waals surface area contributed by atoms with Gasteiger partial charge in [-0.3, -0.25) is 4.79 Å². The Morgan fingerprint density at radius 1 is 1.00 bits per heavy atom. The van der Waals surface area contributed by atoms with Gasteiger partial charge in [0.05, 0.1) is 6.10 Å². The summed E-state index contributed by atoms with van der Waals surface area (Å²) in [6.45, 7) is 3.18. The van der Waals surface area contributed by atoms with Crippen molar-refractivity contribution in [3.05, 3.63) is 0 Å². The summed E-state index contributed by atoms with van der Waals surface area (Å²) in [4.78, 5) is 11.1. The first-order chi connectivity index (χ1) is 8.04. The molecule has 1 rings (SSSR count). The Kier molecular flexibility index (Phi) is 5.32. The van der Waals surface area contributed by atoms with Gasteiger partial charge in [-0.1, -0.05) is 0 Å². The van der Waals surface area contributed by atoms with Crippen molar-refractivity contribution in [1.29, 1.82) is 0 Å². The molecule has 1 aliphatic heterocycles. The molecule has 0 aromatic carbocycles. The number of rotatable bonds is 4. The molecule has 5 atom stereocenters. The second-order valence-electron chi connectivity index (χ2n) is 3.92. The van der Waals surface area contributed by atoms with E-state index in [4.69, 9.17) is 23.7 Å². The summed E-state index contributed by atoms with van der Waals surface area (Å²) in [5.41, 5.74) is 0. The molecule has 0 aromatic rings. The van der Waals surface area contributed by atoms with E-state index in [0.717, 1.165) is 0 Å². The average Bonchev–Trinajstić information content (AvgIpc) is 2.28. The molecule has 0 spiro atoms. The Balaban J connectivity index is 2.89. The first-order valence-corrected chi connectivity index (χ1v) is 5.46. The van der Waals surface area contributed by atoms with E-state index in [1.165, 1.54) is 21.1 Å². The highest BCUT2D eigenvalue weighted by Gasteiger charge is 2.47. The molecule has 1 saturated heterocycles. The van der Waals surface area contributed by atoms with E-state index in [-0.39, 0.29) is 18.2 Å². The molecule has 0 saturated carbocycles. The third-order valence-electron chi connectivity index (χ3n) is 2.81. The van der Waals surface area contributed by atoms with Gasteiger partial charge in [0, 0.05) is 28.3 Å². The Morgan fingerprint density at radius 2 is 1.59 bits per heavy atom. The number of esters is 1. The molecule has 0 amide bonds. The SMILES string of the molecule is CO[C@@H]1O[C@@H](C)[C@H](OC)[C@@H](OC(C)=O)[C@H]1OC. The zero-order chi connectivity index (χ0) is 13.0. The van der Waals surface area contributed by atoms with Crippen LogP contribution in [0, 0.1) is 0 Å². The molecule has 0 unspecified atom stereocenters. The van der Waals surface area contributed by atoms with Gasteiger partial charge < -0.3 is 23.7 Å². The summed E-state index contributed by atoms with van der Waals surface area (Å²) in [5, 5.41) is 0. The van der Waals surface area contributed by atoms with Crippen molar-refractivity contribution in [3.8, 4) is 0 Å². The van der Waals surface area contributed by atoms with Gasteiger partial charge >= 0.3 is 5.97 Å². The third kappa shape index (κ3) is 3.16. The largest absolute Gasteiger partial charge is 0.457 e. The van der Waals surface area contributed by atoms with E-state index in [0.29, 0.717) is 0 Å². The summed E-state index contributed by atoms with van der Waals surface area (Å²) in [7, 11) is 4.57. The van der Waals surface area contributed by atoms with Gasteiger partial charge in [0.15, 0.2) is 12.4 Å². The molecule has 0 aromatic heterocycles. The normalized spacial score (nSPS) is 37.8. The monoisotopic (exact) mass is 248 g/mol. The second kappa shape index (κ2) is 6.30. The van der Waals surface area contributed by atoms with Crippen molar-refractivity contribution in [1.82, 2.24) is 0 Å². The maximum atomic E-state index is 11.1. The van der Waals surface area contributed by atoms with Crippen molar-refractivity contribution < 1.29 is 28.5 Å². The summed E-state index contributed by atoms with van der Waals surface area (Å²) >= 11 is 0. The zero-order valence-electron chi connectivity index (χ0n) is 10.8. The van der Waals surface area contributed by atoms with Gasteiger partial charge in [-0.25, -0.2) is 0 Å². The van der Waals surface area contributed by atoms with Crippen molar-refractivity contribution in [2.45, 2.75) is 44.6 Å². The molecule has 0 aliphatic carbocycles. The van der Waals surface area contributed by atoms with E-state index in [2.05, 4.69) is 0 Å². The van der Waals surface area contributed by atoms with Crippen LogP contribution in [0.15, 0.2) is 0 Å². The fourth-order valence-electron chi connectivity index (χ4n) is 2.06. The van der Waals surface area contributed by atoms with Crippen LogP contribution < -0.4 is 0 Å². The molecule has 1 aliphatic rings. The highest BCUT2D eigenvalue weighted by Crippen LogP contribution is 2.27. The van der Waals surface area contributed by atoms with Crippen LogP contribution in [0.1, 0.15) is 13.8 Å². The number of hydrogen-bond acceptors (Lipinski definition) is 6. The highest BCUT2D eigenvalue weighted by molar-refractivity contribution is 5.66. The van der Waals surface area contributed by atoms with E-state index >= 15 is 0 Å². The topological polar surface area (TPSA) is 63.2 Å². The minimum atomic E-state index is -0.578. The second-order valence-corrected chi connectivity index (χ2v) is 3.92. The summed E-state index contributed by atoms with van der Waals surface area (Å²) in [5.74, 6) is -0.386. The van der Waals surface area contributed by atoms with E-state index in [1.807, 2.05) is 6.92 Å². The van der Waals surface area contributed by atoms with Crippen molar-refractivity contribution in [2.75, 3.05) is 21.3 Å². The first kappa shape index (κ1) is 14.4. The lowest BCUT2D eigenvalue weighted by Gasteiger charge is -2.43. The Labute approximate surface area is 101 Å². The fourth-order valence-corrected chi connectivity index (χ4v) is 2.06. The van der Waals surface area contributed by atoms with Gasteiger partial charge in [0.25, 0.3) is 0 Å². The standard InChI is InChI=1S/C11H20O6/c1-6-8(13-3)9(17-7(2)12)10(14-4)11(15-5)16-6/h6,8-11H,1-5H3/t6-,8-,9+,10+,11+/m0/s1. The lowest BCUT2D eigenvalue weighted by molar-refractivity contribution is -0.297. The molecule has 0 radical (unpaired) electrons. The predicted octanol–water partition coefficient (Wildman–Crippen LogP) is 0.339. The Bertz CT molecular complexity index is 256. The first-order valence-electron chi connectivity index (χ1n) is 5.46. The van der Waals surface area contributed by atoms with Gasteiger partial charge in [0.2, 0.25) is 0 Å². The zero-order valence-corrected chi connectivity index (χ0v) is 10.8. The number of carbonyl (C=O) groups is 1. The summed E-state index contributed by atoms with van der Waals surface area (Å²) in [6, 6.07) is 0. The average molecular weight is 248 g/mol. The van der Waals surface area contributed by atoms with Crippen LogP contribution in [-0.2, 0) is 28.5 Å². The van der Waals surface area contributed by atoms with Gasteiger partial charge in [-0.05, 0) is 6.92 Å². The Hall–Kier alpha value is -0.690. The molecular formula is C11H20O6. The maximum Gasteiger partial charge on any atom is 0.303 e. The quantitative estimate of drug-likeness (QED) is 0.668. The van der Waals surface area contributed by atoms with Crippen molar-refractivity contribution in [3.63, 3.8) is 0 Å². The molecule has 0 N–H and O–H groups in total. The number of carbonyl (C=O) groups excluding carboxylic acids is 1. The van der Waals surface area contributed by atoms with Crippen LogP contribution in [0.3, 0.4) is 0 Å². The minimum Gasteiger partial charge on any atom is -0.457 e. The minimum absolute atomic E-state index is 0.249. The summed E-state index contributed by atoms with van der Waals surface area (Å²) in [6.07, 6.45) is -2.26. The van der Waals surface area contributed by atoms with Crippen LogP contribution in [0.4, 0.5) is 0 Å². The number of methoxy groups -OCH3 is 3. The number of ether oxygens (including phenoxy) is 5. The van der Waals surface area contributed by atoms with Crippen molar-refractivity contribution >= 4 is 5.97 Å². The molecule has 1 heterocycles. The molecule has 6 nitrogen and oxygen atoms in total. The van der Waals surface area contributed by atoms with Gasteiger partial charge in [-0.15, -0.1) is 0 Å². The van der Waals surface area contributed by atoms with E-state index in [1.54, 1.807) is 7.11 Å². The van der Waals surface area contributed by atoms with E-state index in [9.17, 15) is 4.79 Å². The molecule has 6 heteroatoms. The molecule has 100 valence electrons. The summed E-state index contributed by atoms with van der Waals surface area (Å²) < 4.78 is 26.6. The van der Waals surface area contributed by atoms with E-state index < -0.39 is 18.5 Å². The van der Waals surface area contributed by atoms with Crippen LogP contribution in [-0.4, -0.2) is 58.0 Å². The van der Waals surface area contributed by atoms with Crippen LogP contribution >= 0.6 is 0 Å². The van der Waals surface area contributed by atoms with Gasteiger partial charge in [-0.2, -0.15) is 0 Å². The third-order valence-corrected chi connectivity index (χ3v) is 2.81. The van der Waals surface area contributed by atoms with Crippen LogP contribution in [0.25, 0.3) is 0 Å². The lowest BCUT2D eigenvalue weighted by atomic mass is 9.99.